The molecule has 10 heteroatoms. The average Bonchev–Trinajstić information content (AvgIpc) is 2.71. The van der Waals surface area contributed by atoms with E-state index < -0.39 is 27.3 Å². The zero-order valence-electron chi connectivity index (χ0n) is 16.6. The third-order valence-electron chi connectivity index (χ3n) is 4.52. The number of aromatic amines is 1. The van der Waals surface area contributed by atoms with E-state index in [1.54, 1.807) is 24.3 Å². The van der Waals surface area contributed by atoms with Gasteiger partial charge < -0.3 is 10.3 Å². The third-order valence-corrected chi connectivity index (χ3v) is 5.37. The fourth-order valence-corrected chi connectivity index (χ4v) is 3.57. The van der Waals surface area contributed by atoms with Gasteiger partial charge in [0.25, 0.3) is 16.0 Å². The summed E-state index contributed by atoms with van der Waals surface area (Å²) >= 11 is 5.83. The number of carbonyl (C=O) groups excluding carboxylic acids is 1. The van der Waals surface area contributed by atoms with Crippen molar-refractivity contribution in [3.8, 4) is 0 Å². The molecule has 0 radical (unpaired) electrons. The van der Waals surface area contributed by atoms with Crippen molar-refractivity contribution < 1.29 is 21.8 Å². The second kappa shape index (κ2) is 9.59. The average molecular weight is 467 g/mol. The Morgan fingerprint density at radius 3 is 2.58 bits per heavy atom. The van der Waals surface area contributed by atoms with Gasteiger partial charge in [0.1, 0.15) is 11.4 Å². The Labute approximate surface area is 183 Å². The van der Waals surface area contributed by atoms with Gasteiger partial charge >= 0.3 is 0 Å². The highest BCUT2D eigenvalue weighted by molar-refractivity contribution is 7.85. The van der Waals surface area contributed by atoms with Crippen LogP contribution in [0.4, 0.5) is 4.39 Å². The van der Waals surface area contributed by atoms with Gasteiger partial charge in [0, 0.05) is 23.2 Å². The Hall–Kier alpha value is -2.75. The molecule has 1 aromatic heterocycles. The second-order valence-electron chi connectivity index (χ2n) is 6.97. The van der Waals surface area contributed by atoms with E-state index in [9.17, 15) is 22.4 Å². The van der Waals surface area contributed by atoms with E-state index in [1.807, 2.05) is 0 Å². The molecule has 31 heavy (non-hydrogen) atoms. The third kappa shape index (κ3) is 6.13. The van der Waals surface area contributed by atoms with Crippen LogP contribution in [0.25, 0.3) is 10.9 Å². The van der Waals surface area contributed by atoms with Crippen LogP contribution in [0.5, 0.6) is 0 Å². The van der Waals surface area contributed by atoms with Crippen molar-refractivity contribution in [2.75, 3.05) is 12.9 Å². The van der Waals surface area contributed by atoms with Gasteiger partial charge in [-0.15, -0.1) is 0 Å². The van der Waals surface area contributed by atoms with Crippen molar-refractivity contribution >= 4 is 38.5 Å². The van der Waals surface area contributed by atoms with Gasteiger partial charge in [0.05, 0.1) is 18.4 Å². The Morgan fingerprint density at radius 1 is 1.19 bits per heavy atom. The molecule has 0 aliphatic rings. The molecule has 3 rings (SSSR count). The highest BCUT2D eigenvalue weighted by Gasteiger charge is 2.16. The summed E-state index contributed by atoms with van der Waals surface area (Å²) in [6.07, 6.45) is 2.75. The topological polar surface area (TPSA) is 105 Å². The van der Waals surface area contributed by atoms with Crippen LogP contribution in [0.3, 0.4) is 0 Å². The number of rotatable bonds is 8. The Bertz CT molecular complexity index is 1270. The predicted molar refractivity (Wildman–Crippen MR) is 116 cm³/mol. The predicted octanol–water partition coefficient (Wildman–Crippen LogP) is 3.16. The largest absolute Gasteiger partial charge is 0.358 e. The normalized spacial score (nSPS) is 11.6. The van der Waals surface area contributed by atoms with Crippen molar-refractivity contribution in [2.24, 2.45) is 0 Å². The number of benzene rings is 2. The van der Waals surface area contributed by atoms with Gasteiger partial charge in [-0.05, 0) is 48.2 Å². The summed E-state index contributed by atoms with van der Waals surface area (Å²) in [4.78, 5) is 28.0. The number of pyridine rings is 1. The molecular weight excluding hydrogens is 447 g/mol. The number of aryl methyl sites for hydroxylation is 1. The minimum atomic E-state index is -3.55. The van der Waals surface area contributed by atoms with Crippen LogP contribution in [0, 0.1) is 5.82 Å². The first-order valence-corrected chi connectivity index (χ1v) is 11.5. The standard InChI is InChI=1S/C21H20ClFN2O5S/c1-31(28,29)30-8-2-3-14-9-16-19(18(23)10-14)24-12-17(20(16)26)21(27)25-11-13-4-6-15(22)7-5-13/h4-7,9-10,12H,2-3,8,11H2,1H3,(H,24,26)(H,25,27). The molecule has 164 valence electrons. The number of aromatic nitrogens is 1. The molecule has 0 aliphatic heterocycles. The lowest BCUT2D eigenvalue weighted by molar-refractivity contribution is 0.0949. The van der Waals surface area contributed by atoms with E-state index >= 15 is 0 Å². The van der Waals surface area contributed by atoms with Gasteiger partial charge in [-0.1, -0.05) is 23.7 Å². The van der Waals surface area contributed by atoms with Gasteiger partial charge in [0.15, 0.2) is 0 Å². The molecule has 0 unspecified atom stereocenters. The van der Waals surface area contributed by atoms with Crippen molar-refractivity contribution in [1.29, 1.82) is 0 Å². The van der Waals surface area contributed by atoms with Crippen LogP contribution in [0.15, 0.2) is 47.4 Å². The molecule has 1 heterocycles. The highest BCUT2D eigenvalue weighted by atomic mass is 35.5. The van der Waals surface area contributed by atoms with Gasteiger partial charge in [-0.2, -0.15) is 8.42 Å². The lowest BCUT2D eigenvalue weighted by Gasteiger charge is -2.08. The van der Waals surface area contributed by atoms with E-state index in [0.29, 0.717) is 23.4 Å². The molecule has 0 spiro atoms. The molecule has 0 aliphatic carbocycles. The molecule has 2 N–H and O–H groups in total. The quantitative estimate of drug-likeness (QED) is 0.392. The van der Waals surface area contributed by atoms with E-state index in [-0.39, 0.29) is 29.6 Å². The molecule has 0 atom stereocenters. The fraction of sp³-hybridized carbons (Fsp3) is 0.238. The summed E-state index contributed by atoms with van der Waals surface area (Å²) < 4.78 is 41.1. The number of H-pyrrole nitrogens is 1. The van der Waals surface area contributed by atoms with Crippen LogP contribution >= 0.6 is 11.6 Å². The van der Waals surface area contributed by atoms with E-state index in [2.05, 4.69) is 14.5 Å². The first-order chi connectivity index (χ1) is 14.6. The van der Waals surface area contributed by atoms with Crippen LogP contribution in [0.2, 0.25) is 5.02 Å². The monoisotopic (exact) mass is 466 g/mol. The summed E-state index contributed by atoms with van der Waals surface area (Å²) in [7, 11) is -3.55. The molecule has 3 aromatic rings. The zero-order valence-corrected chi connectivity index (χ0v) is 18.1. The van der Waals surface area contributed by atoms with Crippen LogP contribution in [0.1, 0.15) is 27.9 Å². The summed E-state index contributed by atoms with van der Waals surface area (Å²) in [5.74, 6) is -1.23. The smallest absolute Gasteiger partial charge is 0.264 e. The van der Waals surface area contributed by atoms with E-state index in [4.69, 9.17) is 11.6 Å². The number of fused-ring (bicyclic) bond motifs is 1. The van der Waals surface area contributed by atoms with Crippen molar-refractivity contribution in [1.82, 2.24) is 10.3 Å². The van der Waals surface area contributed by atoms with Crippen molar-refractivity contribution in [3.05, 3.63) is 80.3 Å². The molecule has 1 amide bonds. The lowest BCUT2D eigenvalue weighted by atomic mass is 10.0. The molecule has 0 bridgehead atoms. The number of nitrogens with one attached hydrogen (secondary N) is 2. The Balaban J connectivity index is 1.78. The number of hydrogen-bond acceptors (Lipinski definition) is 5. The maximum Gasteiger partial charge on any atom is 0.264 e. The second-order valence-corrected chi connectivity index (χ2v) is 9.05. The minimum Gasteiger partial charge on any atom is -0.358 e. The number of hydrogen-bond donors (Lipinski definition) is 2. The number of amides is 1. The molecule has 7 nitrogen and oxygen atoms in total. The van der Waals surface area contributed by atoms with Gasteiger partial charge in [-0.25, -0.2) is 4.39 Å². The lowest BCUT2D eigenvalue weighted by Crippen LogP contribution is -2.28. The van der Waals surface area contributed by atoms with Crippen molar-refractivity contribution in [2.45, 2.75) is 19.4 Å². The number of halogens is 2. The van der Waals surface area contributed by atoms with Crippen LogP contribution in [-0.4, -0.2) is 32.2 Å². The zero-order chi connectivity index (χ0) is 22.6. The summed E-state index contributed by atoms with van der Waals surface area (Å²) in [6, 6.07) is 9.64. The summed E-state index contributed by atoms with van der Waals surface area (Å²) in [5.41, 5.74) is 0.551. The first-order valence-electron chi connectivity index (χ1n) is 9.35. The molecule has 0 saturated carbocycles. The SMILES string of the molecule is CS(=O)(=O)OCCCc1cc(F)c2[nH]cc(C(=O)NCc3ccc(Cl)cc3)c(=O)c2c1. The van der Waals surface area contributed by atoms with Crippen LogP contribution in [-0.2, 0) is 27.3 Å². The van der Waals surface area contributed by atoms with Crippen LogP contribution < -0.4 is 10.7 Å². The summed E-state index contributed by atoms with van der Waals surface area (Å²) in [6.45, 7) is 0.143. The Kier molecular flexibility index (Phi) is 7.09. The van der Waals surface area contributed by atoms with E-state index in [0.717, 1.165) is 11.8 Å². The maximum absolute atomic E-state index is 14.5. The molecule has 2 aromatic carbocycles. The molecule has 0 saturated heterocycles. The first kappa shape index (κ1) is 22.9. The maximum atomic E-state index is 14.5. The van der Waals surface area contributed by atoms with Crippen molar-refractivity contribution in [3.63, 3.8) is 0 Å². The number of carbonyl (C=O) groups is 1. The van der Waals surface area contributed by atoms with Gasteiger partial charge in [-0.3, -0.25) is 13.8 Å². The summed E-state index contributed by atoms with van der Waals surface area (Å²) in [5, 5.41) is 3.27. The fourth-order valence-electron chi connectivity index (χ4n) is 3.02. The van der Waals surface area contributed by atoms with E-state index in [1.165, 1.54) is 18.3 Å². The minimum absolute atomic E-state index is 0.00427. The highest BCUT2D eigenvalue weighted by Crippen LogP contribution is 2.17. The Morgan fingerprint density at radius 2 is 1.90 bits per heavy atom. The van der Waals surface area contributed by atoms with Gasteiger partial charge in [0.2, 0.25) is 5.43 Å². The molecular formula is C21H20ClFN2O5S. The molecule has 0 fully saturated rings.